The summed E-state index contributed by atoms with van der Waals surface area (Å²) in [7, 11) is 0. The number of aromatic nitrogens is 2. The minimum Gasteiger partial charge on any atom is -0.363 e. The molecule has 0 bridgehead atoms. The lowest BCUT2D eigenvalue weighted by molar-refractivity contribution is 0.723. The standard InChI is InChI=1S/C16H14BrN3S/c17-12-8-13-16(19-9-12)15(3-5-18-13)20-6-1-2-14(20)11-4-7-21-10-11/h3-5,7-10,14H,1-2,6H2. The molecule has 21 heavy (non-hydrogen) atoms. The summed E-state index contributed by atoms with van der Waals surface area (Å²) in [5.74, 6) is 0. The highest BCUT2D eigenvalue weighted by atomic mass is 79.9. The van der Waals surface area contributed by atoms with Crippen LogP contribution in [0.1, 0.15) is 24.4 Å². The van der Waals surface area contributed by atoms with E-state index >= 15 is 0 Å². The average molecular weight is 360 g/mol. The molecule has 0 aliphatic carbocycles. The quantitative estimate of drug-likeness (QED) is 0.658. The molecule has 0 radical (unpaired) electrons. The van der Waals surface area contributed by atoms with Crippen molar-refractivity contribution in [2.75, 3.05) is 11.4 Å². The molecule has 106 valence electrons. The largest absolute Gasteiger partial charge is 0.363 e. The van der Waals surface area contributed by atoms with Gasteiger partial charge < -0.3 is 4.90 Å². The van der Waals surface area contributed by atoms with E-state index in [4.69, 9.17) is 0 Å². The molecule has 3 aromatic heterocycles. The smallest absolute Gasteiger partial charge is 0.112 e. The SMILES string of the molecule is Brc1cnc2c(N3CCCC3c3ccsc3)ccnc2c1. The van der Waals surface area contributed by atoms with Crippen molar-refractivity contribution >= 4 is 44.0 Å². The highest BCUT2D eigenvalue weighted by Gasteiger charge is 2.28. The summed E-state index contributed by atoms with van der Waals surface area (Å²) in [6.45, 7) is 1.08. The molecule has 1 unspecified atom stereocenters. The first-order valence-corrected chi connectivity index (χ1v) is 8.75. The fourth-order valence-corrected chi connectivity index (χ4v) is 4.12. The molecule has 1 fully saturated rings. The minimum absolute atomic E-state index is 0.465. The zero-order valence-electron chi connectivity index (χ0n) is 11.4. The number of pyridine rings is 2. The first kappa shape index (κ1) is 13.2. The second-order valence-corrected chi connectivity index (χ2v) is 6.96. The van der Waals surface area contributed by atoms with E-state index in [0.29, 0.717) is 6.04 Å². The Balaban J connectivity index is 1.82. The van der Waals surface area contributed by atoms with Gasteiger partial charge in [0.15, 0.2) is 0 Å². The van der Waals surface area contributed by atoms with Crippen molar-refractivity contribution in [1.82, 2.24) is 9.97 Å². The van der Waals surface area contributed by atoms with Crippen LogP contribution in [0.2, 0.25) is 0 Å². The van der Waals surface area contributed by atoms with E-state index in [9.17, 15) is 0 Å². The van der Waals surface area contributed by atoms with Crippen LogP contribution in [0.5, 0.6) is 0 Å². The molecule has 4 rings (SSSR count). The molecule has 1 aliphatic heterocycles. The van der Waals surface area contributed by atoms with Gasteiger partial charge in [-0.3, -0.25) is 9.97 Å². The van der Waals surface area contributed by atoms with Crippen LogP contribution in [0.3, 0.4) is 0 Å². The molecule has 0 N–H and O–H groups in total. The fraction of sp³-hybridized carbons (Fsp3) is 0.250. The van der Waals surface area contributed by atoms with Gasteiger partial charge in [0, 0.05) is 23.4 Å². The summed E-state index contributed by atoms with van der Waals surface area (Å²) >= 11 is 5.24. The molecule has 4 heterocycles. The molecule has 3 nitrogen and oxygen atoms in total. The number of nitrogens with zero attached hydrogens (tertiary/aromatic N) is 3. The zero-order chi connectivity index (χ0) is 14.2. The van der Waals surface area contributed by atoms with Crippen LogP contribution in [0.4, 0.5) is 5.69 Å². The third-order valence-electron chi connectivity index (χ3n) is 4.01. The van der Waals surface area contributed by atoms with Crippen molar-refractivity contribution in [2.45, 2.75) is 18.9 Å². The molecule has 0 spiro atoms. The molecule has 3 aromatic rings. The van der Waals surface area contributed by atoms with Gasteiger partial charge in [-0.15, -0.1) is 0 Å². The van der Waals surface area contributed by atoms with Crippen molar-refractivity contribution in [2.24, 2.45) is 0 Å². The van der Waals surface area contributed by atoms with E-state index in [0.717, 1.165) is 22.1 Å². The number of rotatable bonds is 2. The Morgan fingerprint density at radius 3 is 3.10 bits per heavy atom. The first-order valence-electron chi connectivity index (χ1n) is 7.02. The third kappa shape index (κ3) is 2.34. The summed E-state index contributed by atoms with van der Waals surface area (Å²) in [5.41, 5.74) is 4.54. The normalized spacial score (nSPS) is 18.5. The molecule has 0 aromatic carbocycles. The van der Waals surface area contributed by atoms with Gasteiger partial charge in [0.1, 0.15) is 5.52 Å². The van der Waals surface area contributed by atoms with Crippen LogP contribution in [0, 0.1) is 0 Å². The Morgan fingerprint density at radius 2 is 2.24 bits per heavy atom. The second-order valence-electron chi connectivity index (χ2n) is 5.26. The van der Waals surface area contributed by atoms with Crippen molar-refractivity contribution in [3.8, 4) is 0 Å². The van der Waals surface area contributed by atoms with Gasteiger partial charge in [0.2, 0.25) is 0 Å². The summed E-state index contributed by atoms with van der Waals surface area (Å²) in [6.07, 6.45) is 6.16. The maximum Gasteiger partial charge on any atom is 0.112 e. The lowest BCUT2D eigenvalue weighted by Crippen LogP contribution is -2.22. The van der Waals surface area contributed by atoms with Crippen LogP contribution in [0.25, 0.3) is 11.0 Å². The predicted molar refractivity (Wildman–Crippen MR) is 90.9 cm³/mol. The van der Waals surface area contributed by atoms with E-state index in [1.54, 1.807) is 11.3 Å². The molecule has 0 saturated carbocycles. The topological polar surface area (TPSA) is 29.0 Å². The second kappa shape index (κ2) is 5.39. The maximum absolute atomic E-state index is 4.59. The van der Waals surface area contributed by atoms with Gasteiger partial charge in [-0.2, -0.15) is 11.3 Å². The first-order chi connectivity index (χ1) is 10.3. The van der Waals surface area contributed by atoms with E-state index < -0.39 is 0 Å². The van der Waals surface area contributed by atoms with Crippen LogP contribution >= 0.6 is 27.3 Å². The minimum atomic E-state index is 0.465. The van der Waals surface area contributed by atoms with Crippen molar-refractivity contribution in [3.05, 3.63) is 51.4 Å². The molecule has 1 aliphatic rings. The Kier molecular flexibility index (Phi) is 3.39. The molecular weight excluding hydrogens is 346 g/mol. The zero-order valence-corrected chi connectivity index (χ0v) is 13.8. The molecule has 1 saturated heterocycles. The van der Waals surface area contributed by atoms with Crippen molar-refractivity contribution in [1.29, 1.82) is 0 Å². The van der Waals surface area contributed by atoms with Crippen LogP contribution in [-0.4, -0.2) is 16.5 Å². The number of anilines is 1. The van der Waals surface area contributed by atoms with E-state index in [2.05, 4.69) is 53.7 Å². The molecule has 0 amide bonds. The van der Waals surface area contributed by atoms with E-state index in [1.807, 2.05) is 18.5 Å². The molecular formula is C16H14BrN3S. The van der Waals surface area contributed by atoms with Crippen LogP contribution in [0.15, 0.2) is 45.8 Å². The number of hydrogen-bond donors (Lipinski definition) is 0. The number of fused-ring (bicyclic) bond motifs is 1. The van der Waals surface area contributed by atoms with Crippen molar-refractivity contribution in [3.63, 3.8) is 0 Å². The number of halogens is 1. The Hall–Kier alpha value is -1.46. The van der Waals surface area contributed by atoms with Gasteiger partial charge in [0.05, 0.1) is 17.2 Å². The monoisotopic (exact) mass is 359 g/mol. The summed E-state index contributed by atoms with van der Waals surface area (Å²) < 4.78 is 0.968. The summed E-state index contributed by atoms with van der Waals surface area (Å²) in [5, 5.41) is 4.42. The van der Waals surface area contributed by atoms with Crippen molar-refractivity contribution < 1.29 is 0 Å². The average Bonchev–Trinajstić information content (AvgIpc) is 3.17. The molecule has 1 atom stereocenters. The lowest BCUT2D eigenvalue weighted by Gasteiger charge is -2.27. The van der Waals surface area contributed by atoms with E-state index in [-0.39, 0.29) is 0 Å². The van der Waals surface area contributed by atoms with Gasteiger partial charge in [-0.05, 0) is 63.3 Å². The molecule has 5 heteroatoms. The Morgan fingerprint density at radius 1 is 1.29 bits per heavy atom. The van der Waals surface area contributed by atoms with Gasteiger partial charge in [0.25, 0.3) is 0 Å². The Bertz CT molecular complexity index is 772. The van der Waals surface area contributed by atoms with Crippen LogP contribution in [-0.2, 0) is 0 Å². The maximum atomic E-state index is 4.59. The fourth-order valence-electron chi connectivity index (χ4n) is 3.09. The highest BCUT2D eigenvalue weighted by molar-refractivity contribution is 9.10. The summed E-state index contributed by atoms with van der Waals surface area (Å²) in [4.78, 5) is 11.5. The predicted octanol–water partition coefficient (Wildman–Crippen LogP) is 4.80. The third-order valence-corrected chi connectivity index (χ3v) is 5.15. The lowest BCUT2D eigenvalue weighted by atomic mass is 10.1. The van der Waals surface area contributed by atoms with Gasteiger partial charge in [-0.1, -0.05) is 0 Å². The highest BCUT2D eigenvalue weighted by Crippen LogP contribution is 2.39. The number of hydrogen-bond acceptors (Lipinski definition) is 4. The van der Waals surface area contributed by atoms with Gasteiger partial charge >= 0.3 is 0 Å². The Labute approximate surface area is 135 Å². The van der Waals surface area contributed by atoms with Gasteiger partial charge in [-0.25, -0.2) is 0 Å². The van der Waals surface area contributed by atoms with Crippen LogP contribution < -0.4 is 4.90 Å². The number of thiophene rings is 1. The summed E-state index contributed by atoms with van der Waals surface area (Å²) in [6, 6.07) is 6.82. The van der Waals surface area contributed by atoms with E-state index in [1.165, 1.54) is 24.1 Å².